The van der Waals surface area contributed by atoms with Gasteiger partial charge in [-0.2, -0.15) is 0 Å². The van der Waals surface area contributed by atoms with Gasteiger partial charge in [0.05, 0.1) is 5.00 Å². The Kier molecular flexibility index (Phi) is 3.91. The minimum atomic E-state index is -0.169. The molecule has 0 aliphatic heterocycles. The molecule has 2 amide bonds. The predicted octanol–water partition coefficient (Wildman–Crippen LogP) is 1.66. The van der Waals surface area contributed by atoms with Crippen LogP contribution in [-0.4, -0.2) is 12.6 Å². The lowest BCUT2D eigenvalue weighted by Crippen LogP contribution is -2.27. The molecule has 0 saturated carbocycles. The summed E-state index contributed by atoms with van der Waals surface area (Å²) >= 11 is 1.52. The van der Waals surface area contributed by atoms with Crippen LogP contribution in [0.5, 0.6) is 0 Å². The molecule has 0 saturated heterocycles. The highest BCUT2D eigenvalue weighted by atomic mass is 32.1. The molecule has 0 aliphatic rings. The van der Waals surface area contributed by atoms with Gasteiger partial charge >= 0.3 is 6.03 Å². The number of hydrogen-bond donors (Lipinski definition) is 3. The van der Waals surface area contributed by atoms with Gasteiger partial charge < -0.3 is 11.1 Å². The average Bonchev–Trinajstić information content (AvgIpc) is 2.46. The van der Waals surface area contributed by atoms with E-state index in [1.54, 1.807) is 0 Å². The molecule has 0 aromatic carbocycles. The van der Waals surface area contributed by atoms with Gasteiger partial charge in [-0.25, -0.2) is 4.79 Å². The highest BCUT2D eigenvalue weighted by Crippen LogP contribution is 2.25. The summed E-state index contributed by atoms with van der Waals surface area (Å²) in [5, 5.41) is 6.26. The standard InChI is InChI=1S/C9H15N3OS/c1-3-11-9(13)12-8-4-6(2)7(5-10)14-8/h4H,3,5,10H2,1-2H3,(H2,11,12,13). The van der Waals surface area contributed by atoms with Gasteiger partial charge in [0.1, 0.15) is 0 Å². The lowest BCUT2D eigenvalue weighted by atomic mass is 10.3. The summed E-state index contributed by atoms with van der Waals surface area (Å²) in [7, 11) is 0. The maximum Gasteiger partial charge on any atom is 0.319 e. The van der Waals surface area contributed by atoms with Crippen LogP contribution in [0, 0.1) is 6.92 Å². The van der Waals surface area contributed by atoms with Crippen molar-refractivity contribution in [3.63, 3.8) is 0 Å². The zero-order chi connectivity index (χ0) is 10.6. The molecule has 0 atom stereocenters. The first-order valence-electron chi connectivity index (χ1n) is 4.51. The van der Waals surface area contributed by atoms with Gasteiger partial charge in [-0.05, 0) is 25.5 Å². The van der Waals surface area contributed by atoms with E-state index in [4.69, 9.17) is 5.73 Å². The van der Waals surface area contributed by atoms with E-state index in [9.17, 15) is 4.79 Å². The molecule has 14 heavy (non-hydrogen) atoms. The van der Waals surface area contributed by atoms with Gasteiger partial charge in [-0.3, -0.25) is 5.32 Å². The van der Waals surface area contributed by atoms with Crippen LogP contribution in [-0.2, 0) is 6.54 Å². The van der Waals surface area contributed by atoms with Crippen LogP contribution in [0.3, 0.4) is 0 Å². The SMILES string of the molecule is CCNC(=O)Nc1cc(C)c(CN)s1. The Bertz CT molecular complexity index is 322. The van der Waals surface area contributed by atoms with E-state index in [1.807, 2.05) is 19.9 Å². The number of hydrogen-bond acceptors (Lipinski definition) is 3. The van der Waals surface area contributed by atoms with Gasteiger partial charge in [0.15, 0.2) is 0 Å². The van der Waals surface area contributed by atoms with Crippen LogP contribution in [0.4, 0.5) is 9.80 Å². The van der Waals surface area contributed by atoms with E-state index in [-0.39, 0.29) is 6.03 Å². The molecule has 0 spiro atoms. The van der Waals surface area contributed by atoms with E-state index in [0.717, 1.165) is 15.4 Å². The Balaban J connectivity index is 2.63. The lowest BCUT2D eigenvalue weighted by molar-refractivity contribution is 0.252. The fraction of sp³-hybridized carbons (Fsp3) is 0.444. The molecule has 0 bridgehead atoms. The number of thiophene rings is 1. The highest BCUT2D eigenvalue weighted by molar-refractivity contribution is 7.16. The molecule has 78 valence electrons. The van der Waals surface area contributed by atoms with Crippen molar-refractivity contribution >= 4 is 22.4 Å². The Hall–Kier alpha value is -1.07. The number of anilines is 1. The average molecular weight is 213 g/mol. The number of amides is 2. The van der Waals surface area contributed by atoms with Crippen LogP contribution in [0.15, 0.2) is 6.07 Å². The first-order chi connectivity index (χ1) is 6.67. The van der Waals surface area contributed by atoms with E-state index < -0.39 is 0 Å². The molecule has 4 nitrogen and oxygen atoms in total. The first kappa shape index (κ1) is 11.0. The van der Waals surface area contributed by atoms with Crippen molar-refractivity contribution in [1.29, 1.82) is 0 Å². The molecule has 0 fully saturated rings. The van der Waals surface area contributed by atoms with Crippen molar-refractivity contribution in [1.82, 2.24) is 5.32 Å². The fourth-order valence-electron chi connectivity index (χ4n) is 1.10. The minimum Gasteiger partial charge on any atom is -0.338 e. The van der Waals surface area contributed by atoms with Crippen molar-refractivity contribution in [3.8, 4) is 0 Å². The van der Waals surface area contributed by atoms with Crippen molar-refractivity contribution in [2.75, 3.05) is 11.9 Å². The van der Waals surface area contributed by atoms with Crippen LogP contribution in [0.1, 0.15) is 17.4 Å². The number of nitrogens with one attached hydrogen (secondary N) is 2. The Labute approximate surface area is 87.5 Å². The predicted molar refractivity (Wildman–Crippen MR) is 59.6 cm³/mol. The molecule has 1 aromatic heterocycles. The summed E-state index contributed by atoms with van der Waals surface area (Å²) in [6, 6.07) is 1.76. The summed E-state index contributed by atoms with van der Waals surface area (Å²) < 4.78 is 0. The molecule has 0 unspecified atom stereocenters. The maximum absolute atomic E-state index is 11.2. The number of aryl methyl sites for hydroxylation is 1. The van der Waals surface area contributed by atoms with Gasteiger partial charge in [-0.1, -0.05) is 0 Å². The highest BCUT2D eigenvalue weighted by Gasteiger charge is 2.06. The second-order valence-electron chi connectivity index (χ2n) is 2.91. The Morgan fingerprint density at radius 2 is 2.36 bits per heavy atom. The van der Waals surface area contributed by atoms with Crippen LogP contribution in [0.2, 0.25) is 0 Å². The van der Waals surface area contributed by atoms with Crippen molar-refractivity contribution in [2.45, 2.75) is 20.4 Å². The normalized spacial score (nSPS) is 9.93. The van der Waals surface area contributed by atoms with E-state index in [2.05, 4.69) is 10.6 Å². The summed E-state index contributed by atoms with van der Waals surface area (Å²) in [5.74, 6) is 0. The van der Waals surface area contributed by atoms with Crippen LogP contribution in [0.25, 0.3) is 0 Å². The van der Waals surface area contributed by atoms with Gasteiger partial charge in [0, 0.05) is 18.0 Å². The third-order valence-electron chi connectivity index (χ3n) is 1.78. The second kappa shape index (κ2) is 4.97. The Morgan fingerprint density at radius 1 is 1.64 bits per heavy atom. The summed E-state index contributed by atoms with van der Waals surface area (Å²) in [4.78, 5) is 12.3. The molecular formula is C9H15N3OS. The summed E-state index contributed by atoms with van der Waals surface area (Å²) in [5.41, 5.74) is 6.66. The molecule has 0 radical (unpaired) electrons. The maximum atomic E-state index is 11.2. The molecule has 1 rings (SSSR count). The molecule has 4 N–H and O–H groups in total. The zero-order valence-corrected chi connectivity index (χ0v) is 9.20. The van der Waals surface area contributed by atoms with Crippen molar-refractivity contribution in [2.24, 2.45) is 5.73 Å². The number of rotatable bonds is 3. The number of nitrogens with two attached hydrogens (primary N) is 1. The van der Waals surface area contributed by atoms with Gasteiger partial charge in [-0.15, -0.1) is 11.3 Å². The largest absolute Gasteiger partial charge is 0.338 e. The van der Waals surface area contributed by atoms with E-state index >= 15 is 0 Å². The van der Waals surface area contributed by atoms with Crippen LogP contribution >= 0.6 is 11.3 Å². The molecule has 1 heterocycles. The zero-order valence-electron chi connectivity index (χ0n) is 8.39. The number of urea groups is 1. The Morgan fingerprint density at radius 3 is 2.86 bits per heavy atom. The first-order valence-corrected chi connectivity index (χ1v) is 5.33. The third kappa shape index (κ3) is 2.71. The summed E-state index contributed by atoms with van der Waals surface area (Å²) in [6.45, 7) is 5.01. The molecule has 1 aromatic rings. The van der Waals surface area contributed by atoms with E-state index in [0.29, 0.717) is 13.1 Å². The number of carbonyl (C=O) groups is 1. The molecule has 0 aliphatic carbocycles. The fourth-order valence-corrected chi connectivity index (χ4v) is 2.05. The lowest BCUT2D eigenvalue weighted by Gasteiger charge is -2.01. The minimum absolute atomic E-state index is 0.169. The monoisotopic (exact) mass is 213 g/mol. The smallest absolute Gasteiger partial charge is 0.319 e. The van der Waals surface area contributed by atoms with Gasteiger partial charge in [0.2, 0.25) is 0 Å². The second-order valence-corrected chi connectivity index (χ2v) is 4.04. The molecular weight excluding hydrogens is 198 g/mol. The number of carbonyl (C=O) groups excluding carboxylic acids is 1. The van der Waals surface area contributed by atoms with Crippen molar-refractivity contribution in [3.05, 3.63) is 16.5 Å². The third-order valence-corrected chi connectivity index (χ3v) is 2.95. The topological polar surface area (TPSA) is 67.2 Å². The van der Waals surface area contributed by atoms with E-state index in [1.165, 1.54) is 11.3 Å². The quantitative estimate of drug-likeness (QED) is 0.714. The van der Waals surface area contributed by atoms with Crippen molar-refractivity contribution < 1.29 is 4.79 Å². The van der Waals surface area contributed by atoms with Crippen LogP contribution < -0.4 is 16.4 Å². The van der Waals surface area contributed by atoms with Gasteiger partial charge in [0.25, 0.3) is 0 Å². The summed E-state index contributed by atoms with van der Waals surface area (Å²) in [6.07, 6.45) is 0. The molecule has 5 heteroatoms.